The first-order valence-electron chi connectivity index (χ1n) is 9.35. The minimum Gasteiger partial charge on any atom is -0.440 e. The van der Waals surface area contributed by atoms with Crippen LogP contribution in [0.15, 0.2) is 45.9 Å². The van der Waals surface area contributed by atoms with E-state index in [1.807, 2.05) is 31.2 Å². The van der Waals surface area contributed by atoms with Gasteiger partial charge in [-0.05, 0) is 31.9 Å². The Balaban J connectivity index is 1.49. The summed E-state index contributed by atoms with van der Waals surface area (Å²) >= 11 is 0. The van der Waals surface area contributed by atoms with E-state index < -0.39 is 10.0 Å². The highest BCUT2D eigenvalue weighted by atomic mass is 32.2. The number of hydrogen-bond acceptors (Lipinski definition) is 7. The van der Waals surface area contributed by atoms with Crippen LogP contribution in [-0.2, 0) is 14.8 Å². The summed E-state index contributed by atoms with van der Waals surface area (Å²) in [6.45, 7) is 2.79. The predicted molar refractivity (Wildman–Crippen MR) is 105 cm³/mol. The number of nitrogens with one attached hydrogen (secondary N) is 1. The highest BCUT2D eigenvalue weighted by Crippen LogP contribution is 2.27. The van der Waals surface area contributed by atoms with E-state index in [1.165, 1.54) is 6.07 Å². The van der Waals surface area contributed by atoms with Gasteiger partial charge in [-0.15, -0.1) is 10.2 Å². The number of fused-ring (bicyclic) bond motifs is 3. The van der Waals surface area contributed by atoms with E-state index in [1.54, 1.807) is 10.6 Å². The number of aryl methyl sites for hydroxylation is 1. The maximum Gasteiger partial charge on any atom is 0.274 e. The molecule has 0 saturated carbocycles. The van der Waals surface area contributed by atoms with Crippen LogP contribution < -0.4 is 4.72 Å². The number of aromatic nitrogens is 4. The van der Waals surface area contributed by atoms with Gasteiger partial charge in [-0.2, -0.15) is 9.61 Å². The van der Waals surface area contributed by atoms with Gasteiger partial charge >= 0.3 is 0 Å². The van der Waals surface area contributed by atoms with Crippen LogP contribution >= 0.6 is 0 Å². The number of hydrogen-bond donors (Lipinski definition) is 1. The molecule has 150 valence electrons. The lowest BCUT2D eigenvalue weighted by Gasteiger charge is -2.09. The Morgan fingerprint density at radius 3 is 2.79 bits per heavy atom. The zero-order chi connectivity index (χ0) is 20.0. The van der Waals surface area contributed by atoms with Crippen LogP contribution in [0.5, 0.6) is 0 Å². The van der Waals surface area contributed by atoms with Crippen LogP contribution in [-0.4, -0.2) is 47.5 Å². The van der Waals surface area contributed by atoms with Crippen LogP contribution in [0.4, 0.5) is 0 Å². The van der Waals surface area contributed by atoms with Crippen molar-refractivity contribution in [2.24, 2.45) is 0 Å². The number of benzene rings is 1. The summed E-state index contributed by atoms with van der Waals surface area (Å²) in [6.07, 6.45) is 1.69. The third kappa shape index (κ3) is 3.18. The van der Waals surface area contributed by atoms with E-state index in [9.17, 15) is 8.42 Å². The first-order chi connectivity index (χ1) is 14.0. The number of ether oxygens (including phenoxy) is 1. The van der Waals surface area contributed by atoms with Crippen molar-refractivity contribution in [3.8, 4) is 11.6 Å². The Kier molecular flexibility index (Phi) is 4.34. The molecule has 0 spiro atoms. The molecule has 4 heterocycles. The minimum absolute atomic E-state index is 0.0971. The Labute approximate surface area is 166 Å². The molecule has 0 radical (unpaired) electrons. The molecule has 1 aromatic carbocycles. The van der Waals surface area contributed by atoms with Gasteiger partial charge in [-0.1, -0.05) is 24.3 Å². The Morgan fingerprint density at radius 1 is 1.17 bits per heavy atom. The van der Waals surface area contributed by atoms with Crippen LogP contribution in [0.1, 0.15) is 18.5 Å². The summed E-state index contributed by atoms with van der Waals surface area (Å²) < 4.78 is 40.3. The molecule has 1 atom stereocenters. The number of rotatable bonds is 5. The number of furan rings is 1. The lowest BCUT2D eigenvalue weighted by Crippen LogP contribution is -2.31. The van der Waals surface area contributed by atoms with E-state index in [2.05, 4.69) is 20.0 Å². The molecule has 1 aliphatic heterocycles. The topological polar surface area (TPSA) is 112 Å². The summed E-state index contributed by atoms with van der Waals surface area (Å²) in [4.78, 5) is 0. The third-order valence-corrected chi connectivity index (χ3v) is 6.34. The van der Waals surface area contributed by atoms with Gasteiger partial charge in [0.25, 0.3) is 10.0 Å². The van der Waals surface area contributed by atoms with E-state index in [-0.39, 0.29) is 23.5 Å². The summed E-state index contributed by atoms with van der Waals surface area (Å²) in [6, 6.07) is 10.8. The second-order valence-corrected chi connectivity index (χ2v) is 8.69. The first kappa shape index (κ1) is 18.2. The largest absolute Gasteiger partial charge is 0.440 e. The van der Waals surface area contributed by atoms with Crippen LogP contribution in [0, 0.1) is 6.92 Å². The molecule has 1 aliphatic rings. The second-order valence-electron chi connectivity index (χ2n) is 7.00. The zero-order valence-electron chi connectivity index (χ0n) is 15.7. The van der Waals surface area contributed by atoms with Crippen molar-refractivity contribution in [1.29, 1.82) is 0 Å². The van der Waals surface area contributed by atoms with Gasteiger partial charge in [-0.3, -0.25) is 0 Å². The molecule has 9 nitrogen and oxygen atoms in total. The zero-order valence-corrected chi connectivity index (χ0v) is 16.5. The average Bonchev–Trinajstić information content (AvgIpc) is 3.46. The van der Waals surface area contributed by atoms with Crippen molar-refractivity contribution in [2.45, 2.75) is 31.0 Å². The van der Waals surface area contributed by atoms with Crippen LogP contribution in [0.3, 0.4) is 0 Å². The van der Waals surface area contributed by atoms with Gasteiger partial charge in [0.2, 0.25) is 10.9 Å². The molecule has 10 heteroatoms. The molecular formula is C19H19N5O4S. The Bertz CT molecular complexity index is 1300. The molecule has 0 aliphatic carbocycles. The SMILES string of the molecule is Cc1nn2c(-c3ccc(S(=O)(=O)NCC4CCCO4)o3)nnc2c2ccccc12. The summed E-state index contributed by atoms with van der Waals surface area (Å²) in [5, 5.41) is 14.7. The van der Waals surface area contributed by atoms with Crippen molar-refractivity contribution in [2.75, 3.05) is 13.2 Å². The lowest BCUT2D eigenvalue weighted by molar-refractivity contribution is 0.114. The Hall–Kier alpha value is -2.82. The van der Waals surface area contributed by atoms with E-state index in [0.29, 0.717) is 18.1 Å². The molecule has 0 amide bonds. The molecule has 4 aromatic rings. The van der Waals surface area contributed by atoms with Gasteiger partial charge in [0.1, 0.15) is 0 Å². The quantitative estimate of drug-likeness (QED) is 0.534. The maximum absolute atomic E-state index is 12.5. The number of nitrogens with zero attached hydrogens (tertiary/aromatic N) is 4. The van der Waals surface area contributed by atoms with Crippen molar-refractivity contribution in [1.82, 2.24) is 24.5 Å². The smallest absolute Gasteiger partial charge is 0.274 e. The first-order valence-corrected chi connectivity index (χ1v) is 10.8. The van der Waals surface area contributed by atoms with Crippen molar-refractivity contribution in [3.63, 3.8) is 0 Å². The normalized spacial score (nSPS) is 17.5. The fourth-order valence-corrected chi connectivity index (χ4v) is 4.55. The van der Waals surface area contributed by atoms with Crippen LogP contribution in [0.25, 0.3) is 28.0 Å². The van der Waals surface area contributed by atoms with Gasteiger partial charge in [-0.25, -0.2) is 13.1 Å². The third-order valence-electron chi connectivity index (χ3n) is 5.04. The standard InChI is InChI=1S/C19H19N5O4S/c1-12-14-6-2-3-7-15(14)18-21-22-19(24(18)23-12)16-8-9-17(28-16)29(25,26)20-11-13-5-4-10-27-13/h2-3,6-9,13,20H,4-5,10-11H2,1H3. The van der Waals surface area contributed by atoms with Gasteiger partial charge in [0.15, 0.2) is 11.4 Å². The average molecular weight is 413 g/mol. The van der Waals surface area contributed by atoms with Gasteiger partial charge in [0.05, 0.1) is 11.8 Å². The maximum atomic E-state index is 12.5. The fourth-order valence-electron chi connectivity index (χ4n) is 3.56. The molecule has 1 unspecified atom stereocenters. The molecule has 3 aromatic heterocycles. The van der Waals surface area contributed by atoms with E-state index in [4.69, 9.17) is 9.15 Å². The van der Waals surface area contributed by atoms with Crippen molar-refractivity contribution >= 4 is 26.4 Å². The molecule has 0 bridgehead atoms. The van der Waals surface area contributed by atoms with E-state index >= 15 is 0 Å². The predicted octanol–water partition coefficient (Wildman–Crippen LogP) is 2.30. The van der Waals surface area contributed by atoms with E-state index in [0.717, 1.165) is 29.3 Å². The van der Waals surface area contributed by atoms with Crippen molar-refractivity contribution in [3.05, 3.63) is 42.1 Å². The molecular weight excluding hydrogens is 394 g/mol. The fraction of sp³-hybridized carbons (Fsp3) is 0.316. The molecule has 1 N–H and O–H groups in total. The summed E-state index contributed by atoms with van der Waals surface area (Å²) in [5.74, 6) is 0.617. The monoisotopic (exact) mass is 413 g/mol. The lowest BCUT2D eigenvalue weighted by atomic mass is 10.1. The summed E-state index contributed by atoms with van der Waals surface area (Å²) in [5.41, 5.74) is 1.39. The highest BCUT2D eigenvalue weighted by molar-refractivity contribution is 7.89. The number of sulfonamides is 1. The van der Waals surface area contributed by atoms with Gasteiger partial charge in [0, 0.05) is 23.9 Å². The van der Waals surface area contributed by atoms with Gasteiger partial charge < -0.3 is 9.15 Å². The molecule has 5 rings (SSSR count). The van der Waals surface area contributed by atoms with Crippen molar-refractivity contribution < 1.29 is 17.6 Å². The Morgan fingerprint density at radius 2 is 2.00 bits per heavy atom. The molecule has 1 saturated heterocycles. The van der Waals surface area contributed by atoms with Crippen LogP contribution in [0.2, 0.25) is 0 Å². The summed E-state index contributed by atoms with van der Waals surface area (Å²) in [7, 11) is -3.79. The highest BCUT2D eigenvalue weighted by Gasteiger charge is 2.24. The minimum atomic E-state index is -3.79. The molecule has 29 heavy (non-hydrogen) atoms. The second kappa shape index (κ2) is 6.90. The molecule has 1 fully saturated rings.